The maximum Gasteiger partial charge on any atom is 0.0537 e. The summed E-state index contributed by atoms with van der Waals surface area (Å²) in [6.07, 6.45) is 23.6. The molecule has 0 N–H and O–H groups in total. The van der Waals surface area contributed by atoms with Crippen LogP contribution in [0.2, 0.25) is 0 Å². The maximum atomic E-state index is 4.86. The van der Waals surface area contributed by atoms with E-state index in [4.69, 9.17) is 4.98 Å². The Balaban J connectivity index is 0.943. The molecule has 12 rings (SSSR count). The minimum absolute atomic E-state index is 0.369. The van der Waals surface area contributed by atoms with E-state index >= 15 is 0 Å². The number of pyridine rings is 1. The number of allylic oxidation sites excluding steroid dienone is 4. The summed E-state index contributed by atoms with van der Waals surface area (Å²) in [5.74, 6) is 1.19. The van der Waals surface area contributed by atoms with Crippen molar-refractivity contribution in [1.82, 2.24) is 14.1 Å². The standard InChI is InChI=1S/C58H47N3/c1-38-25-26-42(49-20-12-14-41-13-2-3-15-48(41)49)34-54(38)45-31-44(36-59-37-45)40-29-27-39(28-30-40)43-32-46(60-55-21-8-4-16-50(55)51-17-5-9-22-56(51)60)35-47(33-43)61-57-23-10-6-18-52(57)53-19-7-11-24-58(53)61/h2-6,8,10-18,20-21,23-33,35-38,42,54H,7,9,19,22,34H2,1H3. The van der Waals surface area contributed by atoms with Crippen LogP contribution in [0.3, 0.4) is 0 Å². The molecule has 0 radical (unpaired) electrons. The van der Waals surface area contributed by atoms with E-state index in [-0.39, 0.29) is 0 Å². The van der Waals surface area contributed by atoms with Gasteiger partial charge in [0.15, 0.2) is 0 Å². The highest BCUT2D eigenvalue weighted by molar-refractivity contribution is 5.95. The van der Waals surface area contributed by atoms with Crippen LogP contribution in [0.1, 0.15) is 71.7 Å². The van der Waals surface area contributed by atoms with Crippen molar-refractivity contribution in [2.45, 2.75) is 50.9 Å². The van der Waals surface area contributed by atoms with Gasteiger partial charge in [-0.25, -0.2) is 0 Å². The number of hydrogen-bond donors (Lipinski definition) is 0. The van der Waals surface area contributed by atoms with Gasteiger partial charge in [0, 0.05) is 63.0 Å². The molecule has 0 saturated carbocycles. The molecular formula is C58H47N3. The Morgan fingerprint density at radius 2 is 1.25 bits per heavy atom. The number of aromatic nitrogens is 3. The number of hydrogen-bond acceptors (Lipinski definition) is 1. The van der Waals surface area contributed by atoms with Gasteiger partial charge in [0.25, 0.3) is 0 Å². The van der Waals surface area contributed by atoms with Crippen molar-refractivity contribution in [3.05, 3.63) is 210 Å². The number of nitrogens with zero attached hydrogens (tertiary/aromatic N) is 3. The quantitative estimate of drug-likeness (QED) is 0.154. The highest BCUT2D eigenvalue weighted by Crippen LogP contribution is 2.44. The van der Waals surface area contributed by atoms with Gasteiger partial charge in [-0.2, -0.15) is 0 Å². The minimum Gasteiger partial charge on any atom is -0.313 e. The summed E-state index contributed by atoms with van der Waals surface area (Å²) < 4.78 is 5.04. The third kappa shape index (κ3) is 6.05. The average Bonchev–Trinajstić information content (AvgIpc) is 3.85. The monoisotopic (exact) mass is 785 g/mol. The molecule has 9 aromatic rings. The molecule has 0 saturated heterocycles. The molecule has 6 aromatic carbocycles. The van der Waals surface area contributed by atoms with Gasteiger partial charge in [0.05, 0.1) is 11.0 Å². The van der Waals surface area contributed by atoms with E-state index in [2.05, 4.69) is 198 Å². The molecule has 0 amide bonds. The second-order valence-corrected chi connectivity index (χ2v) is 17.4. The molecule has 61 heavy (non-hydrogen) atoms. The predicted molar refractivity (Wildman–Crippen MR) is 256 cm³/mol. The van der Waals surface area contributed by atoms with E-state index in [0.717, 1.165) is 37.7 Å². The molecular weight excluding hydrogens is 739 g/mol. The normalized spacial score (nSPS) is 18.2. The van der Waals surface area contributed by atoms with Crippen molar-refractivity contribution in [1.29, 1.82) is 0 Å². The van der Waals surface area contributed by atoms with Crippen LogP contribution in [0.4, 0.5) is 0 Å². The van der Waals surface area contributed by atoms with Crippen molar-refractivity contribution >= 4 is 44.7 Å². The topological polar surface area (TPSA) is 22.8 Å². The lowest BCUT2D eigenvalue weighted by Crippen LogP contribution is -2.16. The van der Waals surface area contributed by atoms with Gasteiger partial charge in [0.1, 0.15) is 0 Å². The molecule has 0 fully saturated rings. The van der Waals surface area contributed by atoms with Crippen LogP contribution in [0.25, 0.3) is 78.4 Å². The van der Waals surface area contributed by atoms with Gasteiger partial charge in [-0.05, 0) is 131 Å². The largest absolute Gasteiger partial charge is 0.313 e. The van der Waals surface area contributed by atoms with Crippen molar-refractivity contribution < 1.29 is 0 Å². The summed E-state index contributed by atoms with van der Waals surface area (Å²) in [7, 11) is 0. The number of fused-ring (bicyclic) bond motifs is 7. The fourth-order valence-electron chi connectivity index (χ4n) is 10.9. The van der Waals surface area contributed by atoms with Gasteiger partial charge in [-0.3, -0.25) is 4.98 Å². The number of rotatable bonds is 6. The van der Waals surface area contributed by atoms with E-state index in [1.807, 2.05) is 6.20 Å². The maximum absolute atomic E-state index is 4.86. The first kappa shape index (κ1) is 35.9. The van der Waals surface area contributed by atoms with E-state index in [9.17, 15) is 0 Å². The van der Waals surface area contributed by atoms with Gasteiger partial charge < -0.3 is 9.13 Å². The second-order valence-electron chi connectivity index (χ2n) is 17.4. The first-order chi connectivity index (χ1) is 30.2. The lowest BCUT2D eigenvalue weighted by Gasteiger charge is -2.31. The van der Waals surface area contributed by atoms with Crippen LogP contribution in [-0.4, -0.2) is 14.1 Å². The molecule has 3 aromatic heterocycles. The highest BCUT2D eigenvalue weighted by atomic mass is 15.0. The SMILES string of the molecule is CC1C=CC(c2cccc3ccccc23)CC1c1cncc(-c2ccc(-c3cc(-n4c5c(c6ccccc64)CCC=C5)cc(-n4c5c(c6ccccc64)C=CCC5)c3)cc2)c1. The lowest BCUT2D eigenvalue weighted by atomic mass is 9.73. The van der Waals surface area contributed by atoms with Crippen molar-refractivity contribution in [2.24, 2.45) is 5.92 Å². The fraction of sp³-hybridized carbons (Fsp3) is 0.155. The Labute approximate surface area is 357 Å². The van der Waals surface area contributed by atoms with Crippen LogP contribution in [0, 0.1) is 5.92 Å². The van der Waals surface area contributed by atoms with Crippen molar-refractivity contribution in [3.63, 3.8) is 0 Å². The van der Waals surface area contributed by atoms with Crippen LogP contribution in [0.15, 0.2) is 176 Å². The Morgan fingerprint density at radius 1 is 0.557 bits per heavy atom. The van der Waals surface area contributed by atoms with Crippen LogP contribution in [-0.2, 0) is 12.8 Å². The van der Waals surface area contributed by atoms with E-state index in [1.54, 1.807) is 0 Å². The van der Waals surface area contributed by atoms with Gasteiger partial charge >= 0.3 is 0 Å². The van der Waals surface area contributed by atoms with Crippen LogP contribution >= 0.6 is 0 Å². The second kappa shape index (κ2) is 14.6. The molecule has 0 spiro atoms. The Kier molecular flexibility index (Phi) is 8.62. The average molecular weight is 786 g/mol. The molecule has 3 nitrogen and oxygen atoms in total. The summed E-state index contributed by atoms with van der Waals surface area (Å²) in [6, 6.07) is 52.2. The number of para-hydroxylation sites is 2. The zero-order chi connectivity index (χ0) is 40.4. The Bertz CT molecular complexity index is 3250. The number of benzene rings is 6. The minimum atomic E-state index is 0.369. The van der Waals surface area contributed by atoms with E-state index in [1.165, 1.54) is 94.3 Å². The number of aryl methyl sites for hydroxylation is 1. The molecule has 3 aliphatic rings. The lowest BCUT2D eigenvalue weighted by molar-refractivity contribution is 0.463. The van der Waals surface area contributed by atoms with Crippen LogP contribution < -0.4 is 0 Å². The molecule has 3 heterocycles. The summed E-state index contributed by atoms with van der Waals surface area (Å²) in [5.41, 5.74) is 17.9. The van der Waals surface area contributed by atoms with Gasteiger partial charge in [0.2, 0.25) is 0 Å². The zero-order valence-electron chi connectivity index (χ0n) is 34.5. The molecule has 294 valence electrons. The summed E-state index contributed by atoms with van der Waals surface area (Å²) in [4.78, 5) is 4.86. The summed E-state index contributed by atoms with van der Waals surface area (Å²) in [5, 5.41) is 5.33. The Morgan fingerprint density at radius 3 is 2.10 bits per heavy atom. The first-order valence-electron chi connectivity index (χ1n) is 22.1. The highest BCUT2D eigenvalue weighted by Gasteiger charge is 2.28. The van der Waals surface area contributed by atoms with Gasteiger partial charge in [-0.15, -0.1) is 0 Å². The molecule has 3 atom stereocenters. The molecule has 3 aliphatic carbocycles. The van der Waals surface area contributed by atoms with Crippen molar-refractivity contribution in [3.8, 4) is 33.6 Å². The third-order valence-electron chi connectivity index (χ3n) is 13.9. The van der Waals surface area contributed by atoms with Crippen molar-refractivity contribution in [2.75, 3.05) is 0 Å². The fourth-order valence-corrected chi connectivity index (χ4v) is 10.9. The predicted octanol–water partition coefficient (Wildman–Crippen LogP) is 14.8. The van der Waals surface area contributed by atoms with Crippen LogP contribution in [0.5, 0.6) is 0 Å². The smallest absolute Gasteiger partial charge is 0.0537 e. The molecule has 3 heteroatoms. The molecule has 3 unspecified atom stereocenters. The molecule has 0 bridgehead atoms. The zero-order valence-corrected chi connectivity index (χ0v) is 34.5. The summed E-state index contributed by atoms with van der Waals surface area (Å²) >= 11 is 0. The van der Waals surface area contributed by atoms with Gasteiger partial charge in [-0.1, -0.05) is 140 Å². The van der Waals surface area contributed by atoms with E-state index in [0.29, 0.717) is 17.8 Å². The van der Waals surface area contributed by atoms with E-state index < -0.39 is 0 Å². The summed E-state index contributed by atoms with van der Waals surface area (Å²) in [6.45, 7) is 2.36. The first-order valence-corrected chi connectivity index (χ1v) is 22.1. The third-order valence-corrected chi connectivity index (χ3v) is 13.9. The molecule has 0 aliphatic heterocycles. The Hall–Kier alpha value is -6.97.